The number of carbonyl (C=O) groups is 1. The fraction of sp³-hybridized carbons (Fsp3) is 0.786. The van der Waals surface area contributed by atoms with Crippen LogP contribution >= 0.6 is 11.5 Å². The molecule has 20 heavy (non-hydrogen) atoms. The van der Waals surface area contributed by atoms with E-state index in [9.17, 15) is 4.79 Å². The van der Waals surface area contributed by atoms with Crippen molar-refractivity contribution < 1.29 is 4.79 Å². The Hall–Kier alpha value is -1.01. The lowest BCUT2D eigenvalue weighted by Gasteiger charge is -2.23. The van der Waals surface area contributed by atoms with Crippen molar-refractivity contribution in [3.63, 3.8) is 0 Å². The molecule has 1 amide bonds. The highest BCUT2D eigenvalue weighted by molar-refractivity contribution is 7.08. The Kier molecular flexibility index (Phi) is 5.10. The van der Waals surface area contributed by atoms with Crippen molar-refractivity contribution in [3.05, 3.63) is 10.6 Å². The Morgan fingerprint density at radius 3 is 2.70 bits per heavy atom. The monoisotopic (exact) mass is 296 g/mol. The fourth-order valence-corrected chi connectivity index (χ4v) is 3.07. The molecule has 1 aromatic rings. The first-order valence-electron chi connectivity index (χ1n) is 7.25. The van der Waals surface area contributed by atoms with Crippen LogP contribution < -0.4 is 5.32 Å². The lowest BCUT2D eigenvalue weighted by molar-refractivity contribution is 0.0927. The minimum absolute atomic E-state index is 0.00519. The molecule has 0 saturated heterocycles. The van der Waals surface area contributed by atoms with Gasteiger partial charge in [-0.3, -0.25) is 4.79 Å². The van der Waals surface area contributed by atoms with Crippen LogP contribution in [0.1, 0.15) is 54.4 Å². The summed E-state index contributed by atoms with van der Waals surface area (Å²) in [5.41, 5.74) is 0.903. The summed E-state index contributed by atoms with van der Waals surface area (Å²) >= 11 is 1.22. The summed E-state index contributed by atoms with van der Waals surface area (Å²) in [6, 6.07) is 0.173. The highest BCUT2D eigenvalue weighted by Crippen LogP contribution is 2.41. The quantitative estimate of drug-likeness (QED) is 0.837. The van der Waals surface area contributed by atoms with Crippen LogP contribution in [0.5, 0.6) is 0 Å². The average molecular weight is 296 g/mol. The molecular weight excluding hydrogens is 272 g/mol. The zero-order valence-corrected chi connectivity index (χ0v) is 13.5. The molecule has 5 nitrogen and oxygen atoms in total. The van der Waals surface area contributed by atoms with Crippen LogP contribution in [0, 0.1) is 5.92 Å². The van der Waals surface area contributed by atoms with Gasteiger partial charge in [0.1, 0.15) is 4.88 Å². The number of nitrogens with zero attached hydrogens (tertiary/aromatic N) is 3. The topological polar surface area (TPSA) is 58.1 Å². The van der Waals surface area contributed by atoms with Crippen molar-refractivity contribution in [2.45, 2.75) is 45.1 Å². The molecule has 1 atom stereocenters. The van der Waals surface area contributed by atoms with Gasteiger partial charge in [0.2, 0.25) is 0 Å². The third kappa shape index (κ3) is 4.24. The molecule has 0 unspecified atom stereocenters. The molecule has 0 aromatic carbocycles. The van der Waals surface area contributed by atoms with Crippen molar-refractivity contribution >= 4 is 17.4 Å². The number of hydrogen-bond acceptors (Lipinski definition) is 5. The van der Waals surface area contributed by atoms with Gasteiger partial charge < -0.3 is 10.2 Å². The molecule has 6 heteroatoms. The molecule has 0 spiro atoms. The summed E-state index contributed by atoms with van der Waals surface area (Å²) in [5.74, 6) is 1.02. The van der Waals surface area contributed by atoms with E-state index in [2.05, 4.69) is 33.7 Å². The Bertz CT molecular complexity index is 444. The van der Waals surface area contributed by atoms with Crippen LogP contribution in [0.2, 0.25) is 0 Å². The van der Waals surface area contributed by atoms with E-state index >= 15 is 0 Å². The smallest absolute Gasteiger partial charge is 0.265 e. The molecule has 1 heterocycles. The van der Waals surface area contributed by atoms with E-state index in [1.54, 1.807) is 0 Å². The first kappa shape index (κ1) is 15.4. The average Bonchev–Trinajstić information content (AvgIpc) is 3.04. The van der Waals surface area contributed by atoms with Gasteiger partial charge >= 0.3 is 0 Å². The van der Waals surface area contributed by atoms with Gasteiger partial charge in [-0.15, -0.1) is 5.10 Å². The second kappa shape index (κ2) is 6.63. The summed E-state index contributed by atoms with van der Waals surface area (Å²) in [6.07, 6.45) is 3.26. The van der Waals surface area contributed by atoms with Crippen LogP contribution in [-0.2, 0) is 0 Å². The molecular formula is C14H24N4OS. The number of amides is 1. The predicted octanol–water partition coefficient (Wildman–Crippen LogP) is 2.12. The number of hydrogen-bond donors (Lipinski definition) is 1. The Morgan fingerprint density at radius 1 is 1.45 bits per heavy atom. The number of carbonyl (C=O) groups excluding carboxylic acids is 1. The van der Waals surface area contributed by atoms with Crippen molar-refractivity contribution in [2.24, 2.45) is 5.92 Å². The number of rotatable bonds is 7. The van der Waals surface area contributed by atoms with E-state index in [-0.39, 0.29) is 11.9 Å². The molecule has 1 fully saturated rings. The van der Waals surface area contributed by atoms with Gasteiger partial charge in [-0.05, 0) is 50.8 Å². The van der Waals surface area contributed by atoms with Crippen LogP contribution in [0.4, 0.5) is 0 Å². The Labute approximate surface area is 124 Å². The minimum atomic E-state index is -0.00519. The summed E-state index contributed by atoms with van der Waals surface area (Å²) < 4.78 is 3.95. The zero-order chi connectivity index (χ0) is 14.7. The van der Waals surface area contributed by atoms with Gasteiger partial charge in [-0.2, -0.15) is 0 Å². The summed E-state index contributed by atoms with van der Waals surface area (Å²) in [4.78, 5) is 15.3. The van der Waals surface area contributed by atoms with Gasteiger partial charge in [0, 0.05) is 18.5 Å². The summed E-state index contributed by atoms with van der Waals surface area (Å²) in [6.45, 7) is 5.21. The Morgan fingerprint density at radius 2 is 2.15 bits per heavy atom. The van der Waals surface area contributed by atoms with Gasteiger partial charge in [0.05, 0.1) is 5.69 Å². The maximum atomic E-state index is 12.4. The number of aromatic nitrogens is 2. The lowest BCUT2D eigenvalue weighted by atomic mass is 10.0. The van der Waals surface area contributed by atoms with Crippen LogP contribution in [0.25, 0.3) is 0 Å². The van der Waals surface area contributed by atoms with Gasteiger partial charge in [0.15, 0.2) is 0 Å². The van der Waals surface area contributed by atoms with Crippen LogP contribution in [-0.4, -0.2) is 47.1 Å². The summed E-state index contributed by atoms with van der Waals surface area (Å²) in [5, 5.41) is 7.28. The van der Waals surface area contributed by atoms with Gasteiger partial charge in [-0.1, -0.05) is 18.3 Å². The van der Waals surface area contributed by atoms with E-state index in [0.29, 0.717) is 16.7 Å². The first-order valence-corrected chi connectivity index (χ1v) is 8.02. The molecule has 1 N–H and O–H groups in total. The van der Waals surface area contributed by atoms with Gasteiger partial charge in [-0.25, -0.2) is 0 Å². The molecule has 2 rings (SSSR count). The highest BCUT2D eigenvalue weighted by Gasteiger charge is 2.32. The van der Waals surface area contributed by atoms with E-state index in [1.807, 2.05) is 14.1 Å². The number of nitrogens with one attached hydrogen (secondary N) is 1. The van der Waals surface area contributed by atoms with Crippen molar-refractivity contribution in [1.29, 1.82) is 0 Å². The van der Waals surface area contributed by atoms with Crippen LogP contribution in [0.3, 0.4) is 0 Å². The molecule has 112 valence electrons. The molecule has 1 aliphatic rings. The van der Waals surface area contributed by atoms with Crippen LogP contribution in [0.15, 0.2) is 0 Å². The molecule has 1 saturated carbocycles. The normalized spacial score (nSPS) is 16.7. The Balaban J connectivity index is 2.01. The van der Waals surface area contributed by atoms with Gasteiger partial charge in [0.25, 0.3) is 5.91 Å². The third-order valence-corrected chi connectivity index (χ3v) is 4.10. The molecule has 1 aliphatic carbocycles. The fourth-order valence-electron chi connectivity index (χ4n) is 2.42. The van der Waals surface area contributed by atoms with E-state index in [1.165, 1.54) is 11.5 Å². The van der Waals surface area contributed by atoms with Crippen molar-refractivity contribution in [2.75, 3.05) is 20.6 Å². The maximum absolute atomic E-state index is 12.4. The first-order chi connectivity index (χ1) is 9.47. The second-order valence-corrected chi connectivity index (χ2v) is 7.08. The third-order valence-electron chi connectivity index (χ3n) is 3.36. The largest absolute Gasteiger partial charge is 0.347 e. The molecule has 0 bridgehead atoms. The van der Waals surface area contributed by atoms with E-state index in [4.69, 9.17) is 0 Å². The second-order valence-electron chi connectivity index (χ2n) is 6.32. The predicted molar refractivity (Wildman–Crippen MR) is 81.1 cm³/mol. The number of likely N-dealkylation sites (N-methyl/N-ethyl adjacent to an activating group) is 1. The maximum Gasteiger partial charge on any atom is 0.265 e. The van der Waals surface area contributed by atoms with E-state index < -0.39 is 0 Å². The zero-order valence-electron chi connectivity index (χ0n) is 12.7. The summed E-state index contributed by atoms with van der Waals surface area (Å²) in [7, 11) is 4.06. The minimum Gasteiger partial charge on any atom is -0.347 e. The van der Waals surface area contributed by atoms with Crippen molar-refractivity contribution in [3.8, 4) is 0 Å². The standard InChI is InChI=1S/C14H24N4OS/c1-9(2)7-11(8-18(3)4)15-14(19)13-12(10-5-6-10)16-17-20-13/h9-11H,5-8H2,1-4H3,(H,15,19)/t11-/m0/s1. The molecule has 1 aromatic heterocycles. The molecule has 0 aliphatic heterocycles. The van der Waals surface area contributed by atoms with Crippen molar-refractivity contribution in [1.82, 2.24) is 19.8 Å². The highest BCUT2D eigenvalue weighted by atomic mass is 32.1. The lowest BCUT2D eigenvalue weighted by Crippen LogP contribution is -2.42. The molecule has 0 radical (unpaired) electrons. The van der Waals surface area contributed by atoms with E-state index in [0.717, 1.165) is 31.5 Å². The SMILES string of the molecule is CC(C)C[C@@H](CN(C)C)NC(=O)c1snnc1C1CC1.